The van der Waals surface area contributed by atoms with Crippen LogP contribution in [0.2, 0.25) is 0 Å². The molecule has 0 saturated heterocycles. The third-order valence-corrected chi connectivity index (χ3v) is 2.65. The Morgan fingerprint density at radius 3 is 2.89 bits per heavy atom. The van der Waals surface area contributed by atoms with Crippen molar-refractivity contribution in [3.05, 3.63) is 58.1 Å². The zero-order valence-electron chi connectivity index (χ0n) is 10.7. The summed E-state index contributed by atoms with van der Waals surface area (Å²) in [5.74, 6) is 0.843. The number of aromatic nitrogens is 2. The first kappa shape index (κ1) is 12.4. The van der Waals surface area contributed by atoms with E-state index >= 15 is 0 Å². The van der Waals surface area contributed by atoms with E-state index in [0.717, 1.165) is 23.6 Å². The molecule has 2 aromatic heterocycles. The van der Waals surface area contributed by atoms with Gasteiger partial charge in [0.1, 0.15) is 5.82 Å². The maximum absolute atomic E-state index is 11.8. The molecule has 2 aromatic rings. The van der Waals surface area contributed by atoms with E-state index in [2.05, 4.69) is 10.3 Å². The predicted molar refractivity (Wildman–Crippen MR) is 72.9 cm³/mol. The molecule has 4 heteroatoms. The van der Waals surface area contributed by atoms with Crippen molar-refractivity contribution in [2.24, 2.45) is 0 Å². The first-order valence-corrected chi connectivity index (χ1v) is 6.06. The Morgan fingerprint density at radius 1 is 1.33 bits per heavy atom. The Labute approximate surface area is 106 Å². The van der Waals surface area contributed by atoms with E-state index in [1.165, 1.54) is 0 Å². The fraction of sp³-hybridized carbons (Fsp3) is 0.286. The molecule has 0 saturated carbocycles. The fourth-order valence-corrected chi connectivity index (χ4v) is 1.76. The summed E-state index contributed by atoms with van der Waals surface area (Å²) in [6.45, 7) is 5.27. The molecule has 0 fully saturated rings. The van der Waals surface area contributed by atoms with Crippen molar-refractivity contribution in [1.82, 2.24) is 9.55 Å². The van der Waals surface area contributed by atoms with Gasteiger partial charge in [-0.25, -0.2) is 4.98 Å². The molecule has 0 amide bonds. The van der Waals surface area contributed by atoms with Crippen LogP contribution in [-0.4, -0.2) is 16.1 Å². The zero-order chi connectivity index (χ0) is 13.0. The number of pyridine rings is 2. The van der Waals surface area contributed by atoms with Gasteiger partial charge in [-0.1, -0.05) is 6.07 Å². The average molecular weight is 243 g/mol. The van der Waals surface area contributed by atoms with Crippen molar-refractivity contribution >= 4 is 5.82 Å². The zero-order valence-corrected chi connectivity index (χ0v) is 10.7. The molecular weight excluding hydrogens is 226 g/mol. The van der Waals surface area contributed by atoms with Gasteiger partial charge in [0.25, 0.3) is 5.56 Å². The first-order valence-electron chi connectivity index (χ1n) is 6.06. The monoisotopic (exact) mass is 243 g/mol. The van der Waals surface area contributed by atoms with Gasteiger partial charge < -0.3 is 9.88 Å². The number of nitrogens with zero attached hydrogens (tertiary/aromatic N) is 2. The van der Waals surface area contributed by atoms with Crippen LogP contribution in [0.1, 0.15) is 18.2 Å². The van der Waals surface area contributed by atoms with Crippen LogP contribution in [0.3, 0.4) is 0 Å². The van der Waals surface area contributed by atoms with Crippen LogP contribution in [0.25, 0.3) is 0 Å². The summed E-state index contributed by atoms with van der Waals surface area (Å²) >= 11 is 0. The van der Waals surface area contributed by atoms with E-state index in [1.807, 2.05) is 38.1 Å². The molecule has 94 valence electrons. The summed E-state index contributed by atoms with van der Waals surface area (Å²) in [6, 6.07) is 9.35. The number of hydrogen-bond acceptors (Lipinski definition) is 3. The Balaban J connectivity index is 2.23. The molecule has 18 heavy (non-hydrogen) atoms. The maximum atomic E-state index is 11.8. The summed E-state index contributed by atoms with van der Waals surface area (Å²) in [7, 11) is 0. The van der Waals surface area contributed by atoms with Crippen molar-refractivity contribution in [2.75, 3.05) is 11.9 Å². The largest absolute Gasteiger partial charge is 0.370 e. The first-order chi connectivity index (χ1) is 8.69. The second kappa shape index (κ2) is 5.49. The normalized spacial score (nSPS) is 10.3. The van der Waals surface area contributed by atoms with Crippen molar-refractivity contribution < 1.29 is 0 Å². The Morgan fingerprint density at radius 2 is 2.17 bits per heavy atom. The molecule has 0 spiro atoms. The van der Waals surface area contributed by atoms with Gasteiger partial charge in [0.05, 0.1) is 12.2 Å². The van der Waals surface area contributed by atoms with Gasteiger partial charge in [-0.3, -0.25) is 4.79 Å². The third kappa shape index (κ3) is 2.97. The molecule has 0 aliphatic rings. The van der Waals surface area contributed by atoms with Gasteiger partial charge in [0.15, 0.2) is 0 Å². The summed E-state index contributed by atoms with van der Waals surface area (Å²) in [5, 5.41) is 3.16. The molecule has 1 N–H and O–H groups in total. The van der Waals surface area contributed by atoms with Gasteiger partial charge >= 0.3 is 0 Å². The van der Waals surface area contributed by atoms with Gasteiger partial charge in [-0.05, 0) is 37.6 Å². The molecule has 0 aromatic carbocycles. The lowest BCUT2D eigenvalue weighted by atomic mass is 10.3. The van der Waals surface area contributed by atoms with Gasteiger partial charge in [-0.15, -0.1) is 0 Å². The van der Waals surface area contributed by atoms with Crippen LogP contribution in [0.15, 0.2) is 41.3 Å². The predicted octanol–water partition coefficient (Wildman–Crippen LogP) is 2.03. The lowest BCUT2D eigenvalue weighted by Gasteiger charge is -2.07. The highest BCUT2D eigenvalue weighted by molar-refractivity contribution is 5.35. The van der Waals surface area contributed by atoms with Gasteiger partial charge in [0.2, 0.25) is 0 Å². The Hall–Kier alpha value is -2.10. The molecule has 0 bridgehead atoms. The van der Waals surface area contributed by atoms with Crippen molar-refractivity contribution in [2.45, 2.75) is 20.4 Å². The number of hydrogen-bond donors (Lipinski definition) is 1. The summed E-state index contributed by atoms with van der Waals surface area (Å²) < 4.78 is 1.66. The third-order valence-electron chi connectivity index (χ3n) is 2.65. The van der Waals surface area contributed by atoms with E-state index in [1.54, 1.807) is 16.8 Å². The highest BCUT2D eigenvalue weighted by Gasteiger charge is 2.00. The minimum atomic E-state index is 0.00523. The molecule has 4 nitrogen and oxygen atoms in total. The second-order valence-electron chi connectivity index (χ2n) is 4.21. The summed E-state index contributed by atoms with van der Waals surface area (Å²) in [5.41, 5.74) is 1.86. The van der Waals surface area contributed by atoms with Crippen LogP contribution in [0.5, 0.6) is 0 Å². The molecular formula is C14H17N3O. The number of anilines is 1. The summed E-state index contributed by atoms with van der Waals surface area (Å²) in [6.07, 6.45) is 1.80. The molecule has 0 aliphatic carbocycles. The average Bonchev–Trinajstić information content (AvgIpc) is 2.34. The van der Waals surface area contributed by atoms with Crippen LogP contribution in [0.4, 0.5) is 5.82 Å². The second-order valence-corrected chi connectivity index (χ2v) is 4.21. The lowest BCUT2D eigenvalue weighted by Crippen LogP contribution is -2.19. The molecule has 2 heterocycles. The molecule has 0 radical (unpaired) electrons. The maximum Gasteiger partial charge on any atom is 0.251 e. The number of nitrogens with one attached hydrogen (secondary N) is 1. The van der Waals surface area contributed by atoms with Crippen LogP contribution < -0.4 is 10.9 Å². The van der Waals surface area contributed by atoms with E-state index in [0.29, 0.717) is 6.54 Å². The summed E-state index contributed by atoms with van der Waals surface area (Å²) in [4.78, 5) is 16.2. The minimum absolute atomic E-state index is 0.00523. The van der Waals surface area contributed by atoms with Gasteiger partial charge in [-0.2, -0.15) is 0 Å². The van der Waals surface area contributed by atoms with Crippen molar-refractivity contribution in [3.8, 4) is 0 Å². The molecule has 0 aliphatic heterocycles. The van der Waals surface area contributed by atoms with Gasteiger partial charge in [0, 0.05) is 18.8 Å². The molecule has 0 unspecified atom stereocenters. The number of aryl methyl sites for hydroxylation is 1. The standard InChI is InChI=1S/C14H17N3O/c1-3-15-13-6-4-5-12(16-13)10-17-8-7-11(2)9-14(17)18/h4-9H,3,10H2,1-2H3,(H,15,16). The van der Waals surface area contributed by atoms with Crippen LogP contribution >= 0.6 is 0 Å². The Kier molecular flexibility index (Phi) is 3.77. The highest BCUT2D eigenvalue weighted by Crippen LogP contribution is 2.05. The molecule has 0 atom stereocenters. The Bertz CT molecular complexity index is 590. The van der Waals surface area contributed by atoms with E-state index in [4.69, 9.17) is 0 Å². The van der Waals surface area contributed by atoms with E-state index in [9.17, 15) is 4.79 Å². The van der Waals surface area contributed by atoms with Crippen molar-refractivity contribution in [3.63, 3.8) is 0 Å². The topological polar surface area (TPSA) is 46.9 Å². The van der Waals surface area contributed by atoms with Crippen LogP contribution in [0, 0.1) is 6.92 Å². The SMILES string of the molecule is CCNc1cccc(Cn2ccc(C)cc2=O)n1. The fourth-order valence-electron chi connectivity index (χ4n) is 1.76. The minimum Gasteiger partial charge on any atom is -0.370 e. The lowest BCUT2D eigenvalue weighted by molar-refractivity contribution is 0.738. The highest BCUT2D eigenvalue weighted by atomic mass is 16.1. The number of rotatable bonds is 4. The smallest absolute Gasteiger partial charge is 0.251 e. The van der Waals surface area contributed by atoms with Crippen molar-refractivity contribution in [1.29, 1.82) is 0 Å². The quantitative estimate of drug-likeness (QED) is 0.893. The van der Waals surface area contributed by atoms with Crippen LogP contribution in [-0.2, 0) is 6.54 Å². The van der Waals surface area contributed by atoms with E-state index in [-0.39, 0.29) is 5.56 Å². The molecule has 2 rings (SSSR count). The van der Waals surface area contributed by atoms with E-state index < -0.39 is 0 Å².